The zero-order chi connectivity index (χ0) is 25.1. The van der Waals surface area contributed by atoms with Gasteiger partial charge in [-0.05, 0) is 69.8 Å². The lowest BCUT2D eigenvalue weighted by atomic mass is 10.1. The number of hydrogen-bond donors (Lipinski definition) is 1. The van der Waals surface area contributed by atoms with Gasteiger partial charge in [-0.3, -0.25) is 14.2 Å². The van der Waals surface area contributed by atoms with E-state index < -0.39 is 5.82 Å². The molecular formula is C26H31ClFN5O2. The van der Waals surface area contributed by atoms with E-state index in [1.54, 1.807) is 0 Å². The van der Waals surface area contributed by atoms with Crippen LogP contribution in [0.25, 0.3) is 22.3 Å². The summed E-state index contributed by atoms with van der Waals surface area (Å²) in [7, 11) is 0. The Morgan fingerprint density at radius 2 is 1.94 bits per heavy atom. The normalized spacial score (nSPS) is 15.0. The minimum Gasteiger partial charge on any atom is -0.370 e. The molecule has 0 radical (unpaired) electrons. The highest BCUT2D eigenvalue weighted by molar-refractivity contribution is 6.31. The van der Waals surface area contributed by atoms with Crippen molar-refractivity contribution in [2.75, 3.05) is 37.6 Å². The zero-order valence-corrected chi connectivity index (χ0v) is 21.1. The predicted molar refractivity (Wildman–Crippen MR) is 139 cm³/mol. The van der Waals surface area contributed by atoms with Gasteiger partial charge in [-0.2, -0.15) is 0 Å². The van der Waals surface area contributed by atoms with E-state index in [0.717, 1.165) is 44.8 Å². The Morgan fingerprint density at radius 3 is 2.66 bits per heavy atom. The first-order valence-corrected chi connectivity index (χ1v) is 12.4. The molecule has 1 aliphatic rings. The van der Waals surface area contributed by atoms with Gasteiger partial charge in [0.15, 0.2) is 0 Å². The summed E-state index contributed by atoms with van der Waals surface area (Å²) < 4.78 is 15.1. The molecule has 0 unspecified atom stereocenters. The Bertz CT molecular complexity index is 1290. The Balaban J connectivity index is 1.81. The molecule has 7 nitrogen and oxygen atoms in total. The van der Waals surface area contributed by atoms with Crippen LogP contribution in [0.2, 0.25) is 5.02 Å². The minimum absolute atomic E-state index is 0.0762. The summed E-state index contributed by atoms with van der Waals surface area (Å²) in [5.41, 5.74) is 1.62. The number of fused-ring (bicyclic) bond motifs is 1. The molecule has 2 heterocycles. The average molecular weight is 500 g/mol. The Labute approximate surface area is 209 Å². The number of anilines is 1. The highest BCUT2D eigenvalue weighted by Gasteiger charge is 2.19. The fourth-order valence-electron chi connectivity index (χ4n) is 4.46. The van der Waals surface area contributed by atoms with E-state index >= 15 is 0 Å². The van der Waals surface area contributed by atoms with Crippen LogP contribution in [0.4, 0.5) is 10.1 Å². The SMILES string of the molecule is CCN1CCCN(c2ccc3nc(-c4ccc(F)c(Cl)c4)n(CC(=O)NC(C)C)c(=O)c3c2)CC1. The molecule has 0 spiro atoms. The van der Waals surface area contributed by atoms with Gasteiger partial charge in [-0.25, -0.2) is 9.37 Å². The van der Waals surface area contributed by atoms with E-state index in [0.29, 0.717) is 16.5 Å². The second-order valence-electron chi connectivity index (χ2n) is 9.15. The van der Waals surface area contributed by atoms with Crippen LogP contribution in [-0.4, -0.2) is 59.1 Å². The molecule has 2 aromatic carbocycles. The van der Waals surface area contributed by atoms with Crippen LogP contribution in [0.3, 0.4) is 0 Å². The summed E-state index contributed by atoms with van der Waals surface area (Å²) in [4.78, 5) is 35.8. The first kappa shape index (κ1) is 25.1. The zero-order valence-electron chi connectivity index (χ0n) is 20.4. The lowest BCUT2D eigenvalue weighted by Gasteiger charge is -2.24. The van der Waals surface area contributed by atoms with E-state index in [2.05, 4.69) is 22.0 Å². The number of carbonyl (C=O) groups is 1. The van der Waals surface area contributed by atoms with Crippen LogP contribution in [-0.2, 0) is 11.3 Å². The average Bonchev–Trinajstić information content (AvgIpc) is 3.08. The predicted octanol–water partition coefficient (Wildman–Crippen LogP) is 3.91. The summed E-state index contributed by atoms with van der Waals surface area (Å²) in [5.74, 6) is -0.600. The van der Waals surface area contributed by atoms with Crippen LogP contribution in [0.5, 0.6) is 0 Å². The Kier molecular flexibility index (Phi) is 7.72. The van der Waals surface area contributed by atoms with Crippen molar-refractivity contribution < 1.29 is 9.18 Å². The number of nitrogens with zero attached hydrogens (tertiary/aromatic N) is 4. The molecule has 0 aliphatic carbocycles. The van der Waals surface area contributed by atoms with E-state index in [-0.39, 0.29) is 34.9 Å². The highest BCUT2D eigenvalue weighted by Crippen LogP contribution is 2.26. The number of likely N-dealkylation sites (N-methyl/N-ethyl adjacent to an activating group) is 1. The molecule has 1 N–H and O–H groups in total. The molecule has 0 saturated carbocycles. The lowest BCUT2D eigenvalue weighted by molar-refractivity contribution is -0.122. The molecule has 35 heavy (non-hydrogen) atoms. The van der Waals surface area contributed by atoms with Gasteiger partial charge in [0.05, 0.1) is 15.9 Å². The number of aromatic nitrogens is 2. The second-order valence-corrected chi connectivity index (χ2v) is 9.56. The third-order valence-corrected chi connectivity index (χ3v) is 6.56. The molecule has 1 aromatic heterocycles. The maximum atomic E-state index is 13.8. The highest BCUT2D eigenvalue weighted by atomic mass is 35.5. The number of halogens is 2. The molecule has 3 aromatic rings. The van der Waals surface area contributed by atoms with Crippen molar-refractivity contribution in [3.8, 4) is 11.4 Å². The summed E-state index contributed by atoms with van der Waals surface area (Å²) in [6.45, 7) is 10.5. The lowest BCUT2D eigenvalue weighted by Crippen LogP contribution is -2.37. The van der Waals surface area contributed by atoms with Gasteiger partial charge in [-0.15, -0.1) is 0 Å². The molecular weight excluding hydrogens is 469 g/mol. The fourth-order valence-corrected chi connectivity index (χ4v) is 4.64. The first-order valence-electron chi connectivity index (χ1n) is 12.0. The van der Waals surface area contributed by atoms with Crippen LogP contribution in [0, 0.1) is 5.82 Å². The first-order chi connectivity index (χ1) is 16.8. The minimum atomic E-state index is -0.564. The molecule has 1 fully saturated rings. The summed E-state index contributed by atoms with van der Waals surface area (Å²) in [5, 5.41) is 3.18. The van der Waals surface area contributed by atoms with Crippen LogP contribution in [0.15, 0.2) is 41.2 Å². The number of carbonyl (C=O) groups excluding carboxylic acids is 1. The largest absolute Gasteiger partial charge is 0.370 e. The standard InChI is InChI=1S/C26H31ClFN5O2/c1-4-31-10-5-11-32(13-12-31)19-7-9-23-20(15-19)26(35)33(16-24(34)29-17(2)3)25(30-23)18-6-8-22(28)21(27)14-18/h6-9,14-15,17H,4-5,10-13,16H2,1-3H3,(H,29,34). The van der Waals surface area contributed by atoms with Crippen LogP contribution < -0.4 is 15.8 Å². The van der Waals surface area contributed by atoms with Crippen molar-refractivity contribution in [2.24, 2.45) is 0 Å². The quantitative estimate of drug-likeness (QED) is 0.557. The Morgan fingerprint density at radius 1 is 1.14 bits per heavy atom. The van der Waals surface area contributed by atoms with Gasteiger partial charge in [0.1, 0.15) is 18.2 Å². The van der Waals surface area contributed by atoms with Crippen LogP contribution in [0.1, 0.15) is 27.2 Å². The Hall–Kier alpha value is -2.97. The van der Waals surface area contributed by atoms with E-state index in [4.69, 9.17) is 16.6 Å². The monoisotopic (exact) mass is 499 g/mol. The molecule has 1 saturated heterocycles. The molecule has 4 rings (SSSR count). The number of nitrogens with one attached hydrogen (secondary N) is 1. The molecule has 9 heteroatoms. The summed E-state index contributed by atoms with van der Waals surface area (Å²) in [6, 6.07) is 9.77. The smallest absolute Gasteiger partial charge is 0.262 e. The number of amides is 1. The molecule has 1 aliphatic heterocycles. The van der Waals surface area contributed by atoms with Gasteiger partial charge in [-0.1, -0.05) is 18.5 Å². The second kappa shape index (κ2) is 10.7. The molecule has 0 bridgehead atoms. The molecule has 186 valence electrons. The van der Waals surface area contributed by atoms with E-state index in [1.807, 2.05) is 32.0 Å². The van der Waals surface area contributed by atoms with Crippen molar-refractivity contribution in [3.63, 3.8) is 0 Å². The third kappa shape index (κ3) is 5.65. The number of rotatable bonds is 6. The number of hydrogen-bond acceptors (Lipinski definition) is 5. The van der Waals surface area contributed by atoms with Gasteiger partial charge in [0.25, 0.3) is 5.56 Å². The number of benzene rings is 2. The van der Waals surface area contributed by atoms with Crippen molar-refractivity contribution in [2.45, 2.75) is 39.8 Å². The third-order valence-electron chi connectivity index (χ3n) is 6.27. The van der Waals surface area contributed by atoms with Crippen LogP contribution >= 0.6 is 11.6 Å². The van der Waals surface area contributed by atoms with E-state index in [1.165, 1.54) is 22.8 Å². The molecule has 1 amide bonds. The van der Waals surface area contributed by atoms with Crippen molar-refractivity contribution in [1.29, 1.82) is 0 Å². The fraction of sp³-hybridized carbons (Fsp3) is 0.423. The van der Waals surface area contributed by atoms with Crippen molar-refractivity contribution in [3.05, 3.63) is 57.6 Å². The maximum absolute atomic E-state index is 13.8. The van der Waals surface area contributed by atoms with Gasteiger partial charge in [0.2, 0.25) is 5.91 Å². The van der Waals surface area contributed by atoms with Crippen molar-refractivity contribution in [1.82, 2.24) is 19.8 Å². The van der Waals surface area contributed by atoms with Crippen molar-refractivity contribution >= 4 is 34.1 Å². The summed E-state index contributed by atoms with van der Waals surface area (Å²) >= 11 is 6.01. The topological polar surface area (TPSA) is 70.5 Å². The summed E-state index contributed by atoms with van der Waals surface area (Å²) in [6.07, 6.45) is 1.05. The van der Waals surface area contributed by atoms with Gasteiger partial charge >= 0.3 is 0 Å². The maximum Gasteiger partial charge on any atom is 0.262 e. The van der Waals surface area contributed by atoms with Gasteiger partial charge < -0.3 is 15.1 Å². The molecule has 0 atom stereocenters. The van der Waals surface area contributed by atoms with Gasteiger partial charge in [0, 0.05) is 36.9 Å². The van der Waals surface area contributed by atoms with E-state index in [9.17, 15) is 14.0 Å².